The fourth-order valence-electron chi connectivity index (χ4n) is 4.71. The third kappa shape index (κ3) is 4.08. The molecule has 0 saturated carbocycles. The number of fused-ring (bicyclic) bond motifs is 3. The van der Waals surface area contributed by atoms with Crippen molar-refractivity contribution in [3.05, 3.63) is 16.7 Å². The number of hydrogen-bond acceptors (Lipinski definition) is 12. The number of phenols is 2. The maximum atomic E-state index is 13.0. The van der Waals surface area contributed by atoms with Crippen molar-refractivity contribution in [2.24, 2.45) is 0 Å². The third-order valence-corrected chi connectivity index (χ3v) is 7.83. The lowest BCUT2D eigenvalue weighted by Gasteiger charge is -2.45. The average molecular weight is 505 g/mol. The molecule has 5 atom stereocenters. The minimum atomic E-state index is -3.35. The first-order chi connectivity index (χ1) is 16.0. The number of rotatable bonds is 5. The summed E-state index contributed by atoms with van der Waals surface area (Å²) >= 11 is 0. The molecule has 2 saturated heterocycles. The number of sulfonamides is 1. The zero-order chi connectivity index (χ0) is 24.9. The monoisotopic (exact) mass is 504 g/mol. The number of benzene rings is 1. The molecule has 5 N–H and O–H groups in total. The lowest BCUT2D eigenvalue weighted by atomic mass is 9.84. The number of ether oxygens (including phenoxy) is 3. The number of piperazine rings is 1. The minimum absolute atomic E-state index is 0.00347. The Morgan fingerprint density at radius 1 is 1.09 bits per heavy atom. The first-order valence-corrected chi connectivity index (χ1v) is 12.5. The highest BCUT2D eigenvalue weighted by Gasteiger charge is 2.53. The molecular formula is C20H28N2O11S. The summed E-state index contributed by atoms with van der Waals surface area (Å²) in [6, 6.07) is 0. The normalized spacial score (nSPS) is 30.4. The van der Waals surface area contributed by atoms with Gasteiger partial charge < -0.3 is 39.7 Å². The number of nitrogens with zero attached hydrogens (tertiary/aromatic N) is 2. The van der Waals surface area contributed by atoms with Crippen molar-refractivity contribution in [2.75, 3.05) is 46.2 Å². The van der Waals surface area contributed by atoms with E-state index in [2.05, 4.69) is 0 Å². The summed E-state index contributed by atoms with van der Waals surface area (Å²) < 4.78 is 41.1. The van der Waals surface area contributed by atoms with Crippen molar-refractivity contribution in [1.82, 2.24) is 9.21 Å². The van der Waals surface area contributed by atoms with Crippen molar-refractivity contribution in [3.63, 3.8) is 0 Å². The van der Waals surface area contributed by atoms with Crippen LogP contribution in [0.25, 0.3) is 0 Å². The maximum absolute atomic E-state index is 13.0. The quantitative estimate of drug-likeness (QED) is 0.275. The van der Waals surface area contributed by atoms with Gasteiger partial charge in [0.1, 0.15) is 24.4 Å². The molecule has 0 radical (unpaired) electrons. The van der Waals surface area contributed by atoms with Crippen LogP contribution in [0.1, 0.15) is 27.6 Å². The Bertz CT molecular complexity index is 1070. The predicted octanol–water partition coefficient (Wildman–Crippen LogP) is -2.12. The Morgan fingerprint density at radius 2 is 1.74 bits per heavy atom. The van der Waals surface area contributed by atoms with Gasteiger partial charge in [0.2, 0.25) is 15.8 Å². The topological polar surface area (TPSA) is 187 Å². The van der Waals surface area contributed by atoms with E-state index in [-0.39, 0.29) is 42.1 Å². The van der Waals surface area contributed by atoms with Crippen LogP contribution in [0.2, 0.25) is 0 Å². The van der Waals surface area contributed by atoms with Crippen LogP contribution >= 0.6 is 0 Å². The van der Waals surface area contributed by atoms with Gasteiger partial charge in [0.25, 0.3) is 0 Å². The molecule has 1 aromatic rings. The highest BCUT2D eigenvalue weighted by Crippen LogP contribution is 2.52. The molecule has 3 aliphatic heterocycles. The highest BCUT2D eigenvalue weighted by atomic mass is 32.2. The molecule has 0 spiro atoms. The Labute approximate surface area is 195 Å². The van der Waals surface area contributed by atoms with Gasteiger partial charge in [0.05, 0.1) is 25.5 Å². The zero-order valence-corrected chi connectivity index (χ0v) is 19.4. The van der Waals surface area contributed by atoms with Crippen LogP contribution in [0.5, 0.6) is 17.2 Å². The van der Waals surface area contributed by atoms with Crippen LogP contribution in [-0.2, 0) is 26.0 Å². The van der Waals surface area contributed by atoms with E-state index >= 15 is 0 Å². The van der Waals surface area contributed by atoms with Gasteiger partial charge in [-0.05, 0) is 0 Å². The lowest BCUT2D eigenvalue weighted by Crippen LogP contribution is -2.58. The number of methoxy groups -OCH3 is 1. The van der Waals surface area contributed by atoms with E-state index in [1.54, 1.807) is 0 Å². The Balaban J connectivity index is 1.75. The van der Waals surface area contributed by atoms with E-state index in [0.717, 1.165) is 6.26 Å². The van der Waals surface area contributed by atoms with Gasteiger partial charge in [-0.1, -0.05) is 0 Å². The Morgan fingerprint density at radius 3 is 2.29 bits per heavy atom. The summed E-state index contributed by atoms with van der Waals surface area (Å²) in [5, 5.41) is 51.9. The first kappa shape index (κ1) is 24.9. The van der Waals surface area contributed by atoms with Gasteiger partial charge in [0, 0.05) is 43.9 Å². The fraction of sp³-hybridized carbons (Fsp3) is 0.650. The average Bonchev–Trinajstić information content (AvgIpc) is 2.79. The molecule has 14 heteroatoms. The number of aliphatic hydroxyl groups excluding tert-OH is 3. The molecule has 13 nitrogen and oxygen atoms in total. The molecular weight excluding hydrogens is 476 g/mol. The molecule has 0 aromatic heterocycles. The van der Waals surface area contributed by atoms with E-state index in [9.17, 15) is 38.7 Å². The maximum Gasteiger partial charge on any atom is 0.339 e. The van der Waals surface area contributed by atoms with Crippen LogP contribution in [-0.4, -0.2) is 120 Å². The second kappa shape index (κ2) is 9.11. The number of hydrogen-bond donors (Lipinski definition) is 5. The van der Waals surface area contributed by atoms with Crippen LogP contribution in [0, 0.1) is 0 Å². The summed E-state index contributed by atoms with van der Waals surface area (Å²) in [6.45, 7) is 0.440. The molecule has 0 aliphatic carbocycles. The van der Waals surface area contributed by atoms with Gasteiger partial charge in [-0.2, -0.15) is 4.31 Å². The van der Waals surface area contributed by atoms with Crippen molar-refractivity contribution >= 4 is 16.0 Å². The summed E-state index contributed by atoms with van der Waals surface area (Å²) in [4.78, 5) is 14.8. The largest absolute Gasteiger partial charge is 0.504 e. The summed E-state index contributed by atoms with van der Waals surface area (Å²) in [6.07, 6.45) is -5.85. The van der Waals surface area contributed by atoms with Gasteiger partial charge in [0.15, 0.2) is 17.6 Å². The summed E-state index contributed by atoms with van der Waals surface area (Å²) in [5.41, 5.74) is -0.196. The van der Waals surface area contributed by atoms with E-state index in [4.69, 9.17) is 14.2 Å². The van der Waals surface area contributed by atoms with E-state index in [1.807, 2.05) is 4.90 Å². The number of aromatic hydroxyl groups is 2. The van der Waals surface area contributed by atoms with E-state index in [0.29, 0.717) is 13.1 Å². The predicted molar refractivity (Wildman–Crippen MR) is 114 cm³/mol. The van der Waals surface area contributed by atoms with Gasteiger partial charge in [-0.3, -0.25) is 4.90 Å². The Kier molecular flexibility index (Phi) is 6.67. The fourth-order valence-corrected chi connectivity index (χ4v) is 5.53. The van der Waals surface area contributed by atoms with Gasteiger partial charge >= 0.3 is 5.97 Å². The SMILES string of the molecule is COc1c(O)c(CN2CCN(S(C)(=O)=O)CC2)c2c(c1O)[C@@H]1O[C@H](CO)[C@@H](O)[C@H](O)[C@@H]1OC2=O. The molecule has 0 amide bonds. The Hall–Kier alpha value is -2.20. The third-order valence-electron chi connectivity index (χ3n) is 6.53. The lowest BCUT2D eigenvalue weighted by molar-refractivity contribution is -0.235. The van der Waals surface area contributed by atoms with Crippen molar-refractivity contribution in [2.45, 2.75) is 37.1 Å². The number of carbonyl (C=O) groups is 1. The van der Waals surface area contributed by atoms with Crippen LogP contribution in [0.15, 0.2) is 0 Å². The second-order valence-electron chi connectivity index (χ2n) is 8.56. The number of carbonyl (C=O) groups excluding carboxylic acids is 1. The van der Waals surface area contributed by atoms with E-state index < -0.39 is 64.6 Å². The zero-order valence-electron chi connectivity index (χ0n) is 18.6. The van der Waals surface area contributed by atoms with Gasteiger partial charge in [-0.15, -0.1) is 0 Å². The second-order valence-corrected chi connectivity index (χ2v) is 10.5. The standard InChI is InChI=1S/C20H28N2O11S/c1-31-18-13(24)9(7-21-3-5-22(6-4-21)34(2,29)30)11-12(15(18)26)17-19(33-20(11)28)16(27)14(25)10(8-23)32-17/h10,14,16-17,19,23-27H,3-8H2,1-2H3/t10-,14-,16+,17+,19+/m1/s1. The van der Waals surface area contributed by atoms with Crippen molar-refractivity contribution < 1.29 is 53.0 Å². The number of aliphatic hydroxyl groups is 3. The number of esters is 1. The van der Waals surface area contributed by atoms with Crippen molar-refractivity contribution in [3.8, 4) is 17.2 Å². The molecule has 3 aliphatic rings. The smallest absolute Gasteiger partial charge is 0.339 e. The molecule has 1 aromatic carbocycles. The van der Waals surface area contributed by atoms with Crippen LogP contribution in [0.4, 0.5) is 0 Å². The first-order valence-electron chi connectivity index (χ1n) is 10.6. The molecule has 3 heterocycles. The van der Waals surface area contributed by atoms with Crippen LogP contribution < -0.4 is 4.74 Å². The minimum Gasteiger partial charge on any atom is -0.504 e. The molecule has 0 unspecified atom stereocenters. The molecule has 0 bridgehead atoms. The van der Waals surface area contributed by atoms with E-state index in [1.165, 1.54) is 11.4 Å². The van der Waals surface area contributed by atoms with Gasteiger partial charge in [-0.25, -0.2) is 13.2 Å². The summed E-state index contributed by atoms with van der Waals surface area (Å²) in [5.74, 6) is -2.35. The molecule has 34 heavy (non-hydrogen) atoms. The van der Waals surface area contributed by atoms with Crippen LogP contribution in [0.3, 0.4) is 0 Å². The number of phenolic OH excluding ortho intramolecular Hbond substituents is 2. The molecule has 4 rings (SSSR count). The molecule has 2 fully saturated rings. The highest BCUT2D eigenvalue weighted by molar-refractivity contribution is 7.88. The van der Waals surface area contributed by atoms with Crippen molar-refractivity contribution in [1.29, 1.82) is 0 Å². The summed E-state index contributed by atoms with van der Waals surface area (Å²) in [7, 11) is -2.14. The molecule has 190 valence electrons.